The van der Waals surface area contributed by atoms with Gasteiger partial charge in [0.25, 0.3) is 11.8 Å². The number of hydrogen-bond donors (Lipinski definition) is 5. The molecule has 32 heavy (non-hydrogen) atoms. The molecule has 1 heterocycles. The molecule has 13 heteroatoms. The van der Waals surface area contributed by atoms with Crippen LogP contribution in [0.5, 0.6) is 5.75 Å². The number of amides is 2. The van der Waals surface area contributed by atoms with E-state index in [9.17, 15) is 9.59 Å². The number of nitrogens with two attached hydrogens (primary N) is 1. The van der Waals surface area contributed by atoms with Gasteiger partial charge in [0.1, 0.15) is 17.8 Å². The van der Waals surface area contributed by atoms with Crippen LogP contribution in [-0.4, -0.2) is 28.4 Å². The SMILES string of the molecule is Nc1c(NNC(=O)COc2ccc(Cl)cc2Cl)ncnc1NNC(=O)c1ccc(Cl)cc1. The number of nitrogens with zero attached hydrogens (tertiary/aromatic N) is 2. The molecule has 3 aromatic rings. The van der Waals surface area contributed by atoms with Gasteiger partial charge in [-0.2, -0.15) is 0 Å². The molecule has 1 aromatic heterocycles. The minimum absolute atomic E-state index is 0.0471. The van der Waals surface area contributed by atoms with Crippen molar-refractivity contribution in [3.8, 4) is 5.75 Å². The smallest absolute Gasteiger partial charge is 0.276 e. The van der Waals surface area contributed by atoms with Crippen LogP contribution in [0.15, 0.2) is 48.8 Å². The third kappa shape index (κ3) is 6.27. The zero-order valence-corrected chi connectivity index (χ0v) is 18.4. The second-order valence-electron chi connectivity index (χ2n) is 6.11. The second-order valence-corrected chi connectivity index (χ2v) is 7.39. The standard InChI is InChI=1S/C19H16Cl3N7O3/c20-11-3-1-10(2-4-11)19(31)29-28-18-16(23)17(24-9-25-18)27-26-15(30)8-32-14-6-5-12(21)7-13(14)22/h1-7,9H,8,23H2,(H,26,30)(H,29,31)(H2,24,25,27,28). The van der Waals surface area contributed by atoms with Gasteiger partial charge in [0.15, 0.2) is 18.2 Å². The average Bonchev–Trinajstić information content (AvgIpc) is 2.77. The molecule has 2 amide bonds. The van der Waals surface area contributed by atoms with E-state index in [1.807, 2.05) is 0 Å². The number of carbonyl (C=O) groups is 2. The summed E-state index contributed by atoms with van der Waals surface area (Å²) in [6, 6.07) is 10.9. The van der Waals surface area contributed by atoms with E-state index in [0.29, 0.717) is 21.4 Å². The zero-order chi connectivity index (χ0) is 23.1. The highest BCUT2D eigenvalue weighted by molar-refractivity contribution is 6.35. The third-order valence-corrected chi connectivity index (χ3v) is 4.64. The minimum Gasteiger partial charge on any atom is -0.482 e. The van der Waals surface area contributed by atoms with Crippen LogP contribution in [0.1, 0.15) is 10.4 Å². The summed E-state index contributed by atoms with van der Waals surface area (Å²) in [6.07, 6.45) is 1.19. The molecule has 6 N–H and O–H groups in total. The highest BCUT2D eigenvalue weighted by atomic mass is 35.5. The van der Waals surface area contributed by atoms with E-state index in [-0.39, 0.29) is 29.0 Å². The monoisotopic (exact) mass is 495 g/mol. The molecular weight excluding hydrogens is 481 g/mol. The van der Waals surface area contributed by atoms with Crippen LogP contribution >= 0.6 is 34.8 Å². The van der Waals surface area contributed by atoms with Crippen LogP contribution in [0, 0.1) is 0 Å². The molecule has 10 nitrogen and oxygen atoms in total. The molecule has 0 saturated heterocycles. The lowest BCUT2D eigenvalue weighted by molar-refractivity contribution is -0.122. The number of hydrogen-bond acceptors (Lipinski definition) is 8. The molecular formula is C19H16Cl3N7O3. The molecule has 0 spiro atoms. The van der Waals surface area contributed by atoms with Gasteiger partial charge in [-0.1, -0.05) is 34.8 Å². The van der Waals surface area contributed by atoms with Gasteiger partial charge >= 0.3 is 0 Å². The van der Waals surface area contributed by atoms with E-state index < -0.39 is 11.8 Å². The molecule has 0 atom stereocenters. The van der Waals surface area contributed by atoms with Crippen molar-refractivity contribution >= 4 is 63.9 Å². The van der Waals surface area contributed by atoms with Crippen LogP contribution in [0.3, 0.4) is 0 Å². The summed E-state index contributed by atoms with van der Waals surface area (Å²) in [4.78, 5) is 32.1. The van der Waals surface area contributed by atoms with E-state index in [4.69, 9.17) is 45.3 Å². The van der Waals surface area contributed by atoms with Crippen molar-refractivity contribution in [2.75, 3.05) is 23.2 Å². The zero-order valence-electron chi connectivity index (χ0n) is 16.2. The lowest BCUT2D eigenvalue weighted by atomic mass is 10.2. The van der Waals surface area contributed by atoms with Crippen molar-refractivity contribution < 1.29 is 14.3 Å². The Hall–Kier alpha value is -3.47. The number of nitrogen functional groups attached to an aromatic ring is 1. The topological polar surface area (TPSA) is 143 Å². The summed E-state index contributed by atoms with van der Waals surface area (Å²) in [5.74, 6) is -0.444. The number of anilines is 3. The summed E-state index contributed by atoms with van der Waals surface area (Å²) < 4.78 is 5.34. The van der Waals surface area contributed by atoms with Gasteiger partial charge in [-0.3, -0.25) is 31.3 Å². The Morgan fingerprint density at radius 2 is 1.53 bits per heavy atom. The Bertz CT molecular complexity index is 1130. The molecule has 0 aliphatic carbocycles. The van der Waals surface area contributed by atoms with Crippen LogP contribution in [0.25, 0.3) is 0 Å². The Morgan fingerprint density at radius 1 is 0.906 bits per heavy atom. The number of nitrogens with one attached hydrogen (secondary N) is 4. The number of halogens is 3. The van der Waals surface area contributed by atoms with Crippen molar-refractivity contribution in [3.63, 3.8) is 0 Å². The third-order valence-electron chi connectivity index (χ3n) is 3.86. The first-order chi connectivity index (χ1) is 15.3. The predicted molar refractivity (Wildman–Crippen MR) is 123 cm³/mol. The highest BCUT2D eigenvalue weighted by Gasteiger charge is 2.12. The quantitative estimate of drug-likeness (QED) is 0.299. The molecule has 0 fully saturated rings. The largest absolute Gasteiger partial charge is 0.482 e. The van der Waals surface area contributed by atoms with E-state index in [0.717, 1.165) is 0 Å². The summed E-state index contributed by atoms with van der Waals surface area (Å²) in [6.45, 7) is -0.332. The van der Waals surface area contributed by atoms with Gasteiger partial charge in [-0.05, 0) is 42.5 Å². The van der Waals surface area contributed by atoms with E-state index in [1.54, 1.807) is 36.4 Å². The minimum atomic E-state index is -0.528. The summed E-state index contributed by atoms with van der Waals surface area (Å²) in [7, 11) is 0. The first-order valence-electron chi connectivity index (χ1n) is 8.88. The number of benzene rings is 2. The van der Waals surface area contributed by atoms with Gasteiger partial charge in [-0.25, -0.2) is 9.97 Å². The fraction of sp³-hybridized carbons (Fsp3) is 0.0526. The number of rotatable bonds is 8. The van der Waals surface area contributed by atoms with Crippen LogP contribution in [0.2, 0.25) is 15.1 Å². The van der Waals surface area contributed by atoms with E-state index in [2.05, 4.69) is 31.7 Å². The molecule has 166 valence electrons. The Kier molecular flexibility index (Phi) is 7.77. The van der Waals surface area contributed by atoms with Crippen molar-refractivity contribution in [1.82, 2.24) is 20.8 Å². The first-order valence-corrected chi connectivity index (χ1v) is 10.0. The Morgan fingerprint density at radius 3 is 2.19 bits per heavy atom. The molecule has 0 saturated carbocycles. The number of ether oxygens (including phenoxy) is 1. The molecule has 0 bridgehead atoms. The number of carbonyl (C=O) groups excluding carboxylic acids is 2. The van der Waals surface area contributed by atoms with Gasteiger partial charge in [0.05, 0.1) is 5.02 Å². The number of aromatic nitrogens is 2. The Labute approximate surface area is 197 Å². The normalized spacial score (nSPS) is 10.2. The van der Waals surface area contributed by atoms with Gasteiger partial charge in [0.2, 0.25) is 0 Å². The molecule has 0 aliphatic heterocycles. The van der Waals surface area contributed by atoms with Gasteiger partial charge in [-0.15, -0.1) is 0 Å². The number of hydrazine groups is 2. The Balaban J connectivity index is 1.52. The average molecular weight is 497 g/mol. The lowest BCUT2D eigenvalue weighted by Crippen LogP contribution is -2.35. The molecule has 0 unspecified atom stereocenters. The van der Waals surface area contributed by atoms with Crippen molar-refractivity contribution in [2.45, 2.75) is 0 Å². The van der Waals surface area contributed by atoms with Crippen molar-refractivity contribution in [2.24, 2.45) is 0 Å². The summed E-state index contributed by atoms with van der Waals surface area (Å²) >= 11 is 17.6. The maximum Gasteiger partial charge on any atom is 0.276 e. The molecule has 3 rings (SSSR count). The van der Waals surface area contributed by atoms with Crippen molar-refractivity contribution in [1.29, 1.82) is 0 Å². The van der Waals surface area contributed by atoms with E-state index >= 15 is 0 Å². The van der Waals surface area contributed by atoms with Crippen LogP contribution < -0.4 is 32.2 Å². The van der Waals surface area contributed by atoms with Crippen LogP contribution in [0.4, 0.5) is 17.3 Å². The summed E-state index contributed by atoms with van der Waals surface area (Å²) in [5.41, 5.74) is 16.4. The fourth-order valence-electron chi connectivity index (χ4n) is 2.28. The molecule has 0 aliphatic rings. The fourth-order valence-corrected chi connectivity index (χ4v) is 2.87. The van der Waals surface area contributed by atoms with Crippen LogP contribution in [-0.2, 0) is 4.79 Å². The van der Waals surface area contributed by atoms with Crippen molar-refractivity contribution in [3.05, 3.63) is 69.4 Å². The summed E-state index contributed by atoms with van der Waals surface area (Å²) in [5, 5.41) is 1.23. The maximum atomic E-state index is 12.2. The van der Waals surface area contributed by atoms with Gasteiger partial charge in [0, 0.05) is 15.6 Å². The second kappa shape index (κ2) is 10.7. The first kappa shape index (κ1) is 23.2. The molecule has 0 radical (unpaired) electrons. The molecule has 2 aromatic carbocycles. The maximum absolute atomic E-state index is 12.2. The predicted octanol–water partition coefficient (Wildman–Crippen LogP) is 3.30. The lowest BCUT2D eigenvalue weighted by Gasteiger charge is -2.14. The van der Waals surface area contributed by atoms with Gasteiger partial charge < -0.3 is 10.5 Å². The highest BCUT2D eigenvalue weighted by Crippen LogP contribution is 2.27. The van der Waals surface area contributed by atoms with E-state index in [1.165, 1.54) is 12.4 Å².